The number of halogens is 1. The van der Waals surface area contributed by atoms with E-state index in [4.69, 9.17) is 22.5 Å². The predicted molar refractivity (Wildman–Crippen MR) is 71.0 cm³/mol. The van der Waals surface area contributed by atoms with E-state index in [1.807, 2.05) is 6.92 Å². The summed E-state index contributed by atoms with van der Waals surface area (Å²) in [5.41, 5.74) is 6.15. The molecule has 0 spiro atoms. The van der Waals surface area contributed by atoms with Crippen molar-refractivity contribution in [3.05, 3.63) is 28.8 Å². The smallest absolute Gasteiger partial charge is 0.171 e. The number of aliphatic hydroxyl groups is 1. The Bertz CT molecular complexity index is 424. The van der Waals surface area contributed by atoms with Crippen LogP contribution in [0.15, 0.2) is 28.3 Å². The zero-order chi connectivity index (χ0) is 13.0. The Kier molecular flexibility index (Phi) is 5.11. The van der Waals surface area contributed by atoms with Crippen molar-refractivity contribution in [3.8, 4) is 0 Å². The molecule has 1 aromatic rings. The average molecular weight is 275 g/mol. The van der Waals surface area contributed by atoms with Crippen LogP contribution < -0.4 is 5.73 Å². The first-order valence-electron chi connectivity index (χ1n) is 5.08. The summed E-state index contributed by atoms with van der Waals surface area (Å²) in [5, 5.41) is 21.7. The predicted octanol–water partition coefficient (Wildman–Crippen LogP) is 2.30. The van der Waals surface area contributed by atoms with Crippen molar-refractivity contribution in [3.63, 3.8) is 0 Å². The molecule has 6 heteroatoms. The first kappa shape index (κ1) is 14.2. The van der Waals surface area contributed by atoms with E-state index in [1.165, 1.54) is 11.8 Å². The molecule has 94 valence electrons. The second-order valence-corrected chi connectivity index (χ2v) is 5.54. The summed E-state index contributed by atoms with van der Waals surface area (Å²) >= 11 is 7.32. The van der Waals surface area contributed by atoms with E-state index in [0.717, 1.165) is 4.90 Å². The zero-order valence-electron chi connectivity index (χ0n) is 9.59. The van der Waals surface area contributed by atoms with Crippen molar-refractivity contribution in [1.29, 1.82) is 0 Å². The number of hydrogen-bond donors (Lipinski definition) is 3. The van der Waals surface area contributed by atoms with Gasteiger partial charge in [-0.05, 0) is 25.1 Å². The maximum Gasteiger partial charge on any atom is 0.171 e. The maximum absolute atomic E-state index is 9.47. The Hall–Kier alpha value is -0.910. The molecule has 4 nitrogen and oxygen atoms in total. The second kappa shape index (κ2) is 6.14. The fraction of sp³-hybridized carbons (Fsp3) is 0.364. The molecule has 1 rings (SSSR count). The Labute approximate surface area is 109 Å². The van der Waals surface area contributed by atoms with Crippen molar-refractivity contribution < 1.29 is 10.3 Å². The van der Waals surface area contributed by atoms with Crippen LogP contribution in [-0.2, 0) is 0 Å². The number of thioether (sulfide) groups is 1. The molecule has 0 saturated carbocycles. The van der Waals surface area contributed by atoms with E-state index in [9.17, 15) is 5.11 Å². The maximum atomic E-state index is 9.47. The van der Waals surface area contributed by atoms with Crippen LogP contribution in [0.5, 0.6) is 0 Å². The molecule has 0 aliphatic carbocycles. The number of benzene rings is 1. The highest BCUT2D eigenvalue weighted by atomic mass is 35.5. The van der Waals surface area contributed by atoms with Crippen LogP contribution in [0.3, 0.4) is 0 Å². The van der Waals surface area contributed by atoms with Crippen LogP contribution in [0, 0.1) is 0 Å². The van der Waals surface area contributed by atoms with E-state index in [-0.39, 0.29) is 11.1 Å². The van der Waals surface area contributed by atoms with Gasteiger partial charge >= 0.3 is 0 Å². The van der Waals surface area contributed by atoms with E-state index in [1.54, 1.807) is 25.1 Å². The summed E-state index contributed by atoms with van der Waals surface area (Å²) in [6, 6.07) is 5.15. The van der Waals surface area contributed by atoms with Gasteiger partial charge in [0.25, 0.3) is 0 Å². The first-order valence-corrected chi connectivity index (χ1v) is 6.33. The highest BCUT2D eigenvalue weighted by Crippen LogP contribution is 2.30. The normalized spacial score (nSPS) is 15.6. The number of nitrogens with two attached hydrogens (primary N) is 1. The molecule has 0 radical (unpaired) electrons. The molecule has 0 heterocycles. The minimum absolute atomic E-state index is 0.00131. The quantitative estimate of drug-likeness (QED) is 0.259. The van der Waals surface area contributed by atoms with Crippen molar-refractivity contribution in [2.45, 2.75) is 30.1 Å². The lowest BCUT2D eigenvalue weighted by Crippen LogP contribution is -2.18. The fourth-order valence-corrected chi connectivity index (χ4v) is 2.36. The molecule has 0 aromatic heterocycles. The van der Waals surface area contributed by atoms with Gasteiger partial charge < -0.3 is 16.0 Å². The second-order valence-electron chi connectivity index (χ2n) is 3.69. The lowest BCUT2D eigenvalue weighted by atomic mass is 10.2. The number of rotatable bonds is 4. The number of nitrogens with zero attached hydrogens (tertiary/aromatic N) is 1. The zero-order valence-corrected chi connectivity index (χ0v) is 11.2. The third-order valence-electron chi connectivity index (χ3n) is 2.32. The van der Waals surface area contributed by atoms with Crippen molar-refractivity contribution in [2.24, 2.45) is 10.9 Å². The van der Waals surface area contributed by atoms with Crippen LogP contribution >= 0.6 is 23.4 Å². The van der Waals surface area contributed by atoms with Gasteiger partial charge in [0.2, 0.25) is 0 Å². The topological polar surface area (TPSA) is 78.8 Å². The number of amidine groups is 1. The van der Waals surface area contributed by atoms with Crippen LogP contribution in [-0.4, -0.2) is 27.5 Å². The lowest BCUT2D eigenvalue weighted by molar-refractivity contribution is 0.196. The largest absolute Gasteiger partial charge is 0.409 e. The monoisotopic (exact) mass is 274 g/mol. The molecule has 2 unspecified atom stereocenters. The summed E-state index contributed by atoms with van der Waals surface area (Å²) < 4.78 is 0. The highest BCUT2D eigenvalue weighted by molar-refractivity contribution is 8.00. The van der Waals surface area contributed by atoms with Crippen LogP contribution in [0.25, 0.3) is 0 Å². The van der Waals surface area contributed by atoms with Gasteiger partial charge in [-0.3, -0.25) is 0 Å². The van der Waals surface area contributed by atoms with E-state index in [2.05, 4.69) is 5.16 Å². The number of hydrogen-bond acceptors (Lipinski definition) is 4. The molecule has 0 aliphatic heterocycles. The Morgan fingerprint density at radius 2 is 2.12 bits per heavy atom. The number of oxime groups is 1. The fourth-order valence-electron chi connectivity index (χ4n) is 1.16. The van der Waals surface area contributed by atoms with E-state index >= 15 is 0 Å². The van der Waals surface area contributed by atoms with Crippen LogP contribution in [0.2, 0.25) is 5.02 Å². The number of aliphatic hydroxyl groups excluding tert-OH is 1. The summed E-state index contributed by atoms with van der Waals surface area (Å²) in [6.07, 6.45) is -0.448. The molecule has 1 aromatic carbocycles. The van der Waals surface area contributed by atoms with Crippen LogP contribution in [0.1, 0.15) is 19.4 Å². The minimum atomic E-state index is -0.448. The SMILES string of the molecule is CC(O)C(C)Sc1ccc(Cl)cc1/C(N)=N/O. The van der Waals surface area contributed by atoms with E-state index in [0.29, 0.717) is 10.6 Å². The van der Waals surface area contributed by atoms with Crippen molar-refractivity contribution in [2.75, 3.05) is 0 Å². The van der Waals surface area contributed by atoms with Crippen molar-refractivity contribution in [1.82, 2.24) is 0 Å². The third-order valence-corrected chi connectivity index (χ3v) is 3.93. The molecule has 0 bridgehead atoms. The van der Waals surface area contributed by atoms with Gasteiger partial charge in [0, 0.05) is 20.7 Å². The summed E-state index contributed by atoms with van der Waals surface area (Å²) in [7, 11) is 0. The first-order chi connectivity index (χ1) is 7.95. The minimum Gasteiger partial charge on any atom is -0.409 e. The van der Waals surface area contributed by atoms with Gasteiger partial charge in [-0.15, -0.1) is 11.8 Å². The molecule has 4 N–H and O–H groups in total. The molecule has 0 aliphatic rings. The summed E-state index contributed by atoms with van der Waals surface area (Å²) in [6.45, 7) is 3.62. The molecular weight excluding hydrogens is 260 g/mol. The van der Waals surface area contributed by atoms with Gasteiger partial charge in [-0.2, -0.15) is 0 Å². The lowest BCUT2D eigenvalue weighted by Gasteiger charge is -2.16. The molecule has 17 heavy (non-hydrogen) atoms. The molecule has 0 amide bonds. The van der Waals surface area contributed by atoms with Crippen molar-refractivity contribution >= 4 is 29.2 Å². The Balaban J connectivity index is 3.07. The highest BCUT2D eigenvalue weighted by Gasteiger charge is 2.15. The summed E-state index contributed by atoms with van der Waals surface area (Å²) in [4.78, 5) is 0.818. The van der Waals surface area contributed by atoms with Crippen LogP contribution in [0.4, 0.5) is 0 Å². The third kappa shape index (κ3) is 3.80. The average Bonchev–Trinajstić information content (AvgIpc) is 2.30. The summed E-state index contributed by atoms with van der Waals surface area (Å²) in [5.74, 6) is 0.00722. The molecular formula is C11H15ClN2O2S. The Morgan fingerprint density at radius 3 is 2.65 bits per heavy atom. The van der Waals surface area contributed by atoms with Gasteiger partial charge in [-0.25, -0.2) is 0 Å². The van der Waals surface area contributed by atoms with Gasteiger partial charge in [0.15, 0.2) is 5.84 Å². The molecule has 0 fully saturated rings. The molecule has 2 atom stereocenters. The van der Waals surface area contributed by atoms with E-state index < -0.39 is 6.10 Å². The standard InChI is InChI=1S/C11H15ClN2O2S/c1-6(15)7(2)17-10-4-3-8(12)5-9(10)11(13)14-16/h3-7,15-16H,1-2H3,(H2,13,14). The van der Waals surface area contributed by atoms with Gasteiger partial charge in [0.05, 0.1) is 6.10 Å². The van der Waals surface area contributed by atoms with Gasteiger partial charge in [-0.1, -0.05) is 23.7 Å². The Morgan fingerprint density at radius 1 is 1.47 bits per heavy atom. The van der Waals surface area contributed by atoms with Gasteiger partial charge in [0.1, 0.15) is 0 Å². The molecule has 0 saturated heterocycles.